The van der Waals surface area contributed by atoms with Crippen molar-refractivity contribution in [2.45, 2.75) is 17.4 Å². The van der Waals surface area contributed by atoms with Crippen molar-refractivity contribution in [3.63, 3.8) is 0 Å². The van der Waals surface area contributed by atoms with Crippen LogP contribution in [-0.4, -0.2) is 45.7 Å². The molecule has 0 aromatic heterocycles. The van der Waals surface area contributed by atoms with E-state index in [-0.39, 0.29) is 16.4 Å². The fourth-order valence-electron chi connectivity index (χ4n) is 2.02. The lowest BCUT2D eigenvalue weighted by Gasteiger charge is -2.22. The number of nitrogens with zero attached hydrogens (tertiary/aromatic N) is 1. The quantitative estimate of drug-likeness (QED) is 0.812. The first kappa shape index (κ1) is 13.5. The molecule has 1 aliphatic heterocycles. The maximum atomic E-state index is 12.3. The number of hydrogen-bond donors (Lipinski definition) is 0. The number of rotatable bonds is 3. The third-order valence-corrected chi connectivity index (χ3v) is 6.82. The summed E-state index contributed by atoms with van der Waals surface area (Å²) in [6, 6.07) is 7.59. The van der Waals surface area contributed by atoms with E-state index in [9.17, 15) is 16.8 Å². The largest absolute Gasteiger partial charge is 0.243 e. The number of benzene rings is 1. The summed E-state index contributed by atoms with van der Waals surface area (Å²) in [6.45, 7) is 0. The zero-order valence-corrected chi connectivity index (χ0v) is 11.6. The van der Waals surface area contributed by atoms with Crippen molar-refractivity contribution in [2.75, 3.05) is 18.6 Å². The monoisotopic (exact) mass is 289 g/mol. The average Bonchev–Trinajstić information content (AvgIpc) is 2.69. The highest BCUT2D eigenvalue weighted by atomic mass is 32.2. The molecule has 1 aromatic rings. The Morgan fingerprint density at radius 3 is 2.33 bits per heavy atom. The molecule has 2 rings (SSSR count). The van der Waals surface area contributed by atoms with Gasteiger partial charge in [-0.1, -0.05) is 18.2 Å². The van der Waals surface area contributed by atoms with Crippen molar-refractivity contribution in [1.29, 1.82) is 0 Å². The van der Waals surface area contributed by atoms with Gasteiger partial charge in [0.2, 0.25) is 10.0 Å². The molecule has 7 heteroatoms. The molecule has 18 heavy (non-hydrogen) atoms. The van der Waals surface area contributed by atoms with Crippen LogP contribution in [0.4, 0.5) is 0 Å². The summed E-state index contributed by atoms with van der Waals surface area (Å²) < 4.78 is 48.5. The van der Waals surface area contributed by atoms with Crippen molar-refractivity contribution in [3.05, 3.63) is 30.3 Å². The predicted octanol–water partition coefficient (Wildman–Crippen LogP) is 0.494. The Kier molecular flexibility index (Phi) is 3.48. The molecule has 1 fully saturated rings. The Morgan fingerprint density at radius 2 is 1.83 bits per heavy atom. The van der Waals surface area contributed by atoms with Crippen molar-refractivity contribution in [1.82, 2.24) is 4.31 Å². The molecule has 0 radical (unpaired) electrons. The molecule has 1 atom stereocenters. The van der Waals surface area contributed by atoms with E-state index >= 15 is 0 Å². The van der Waals surface area contributed by atoms with Gasteiger partial charge < -0.3 is 0 Å². The number of sulfone groups is 1. The van der Waals surface area contributed by atoms with E-state index in [4.69, 9.17) is 0 Å². The SMILES string of the molecule is CN([C@H]1CCS(=O)(=O)C1)S(=O)(=O)c1ccccc1. The molecule has 0 aliphatic carbocycles. The van der Waals surface area contributed by atoms with Gasteiger partial charge in [0.15, 0.2) is 9.84 Å². The lowest BCUT2D eigenvalue weighted by Crippen LogP contribution is -2.37. The minimum Gasteiger partial charge on any atom is -0.229 e. The van der Waals surface area contributed by atoms with Gasteiger partial charge in [0.25, 0.3) is 0 Å². The summed E-state index contributed by atoms with van der Waals surface area (Å²) in [4.78, 5) is 0.191. The lowest BCUT2D eigenvalue weighted by atomic mass is 10.3. The van der Waals surface area contributed by atoms with Gasteiger partial charge in [-0.05, 0) is 18.6 Å². The summed E-state index contributed by atoms with van der Waals surface area (Å²) in [5.74, 6) is -0.0259. The van der Waals surface area contributed by atoms with Crippen LogP contribution in [0.15, 0.2) is 35.2 Å². The second-order valence-corrected chi connectivity index (χ2v) is 8.62. The predicted molar refractivity (Wildman–Crippen MR) is 68.4 cm³/mol. The van der Waals surface area contributed by atoms with E-state index in [0.717, 1.165) is 0 Å². The highest BCUT2D eigenvalue weighted by Gasteiger charge is 2.36. The Labute approximate surface area is 107 Å². The molecular formula is C11H15NO4S2. The van der Waals surface area contributed by atoms with E-state index in [0.29, 0.717) is 6.42 Å². The van der Waals surface area contributed by atoms with Gasteiger partial charge in [-0.25, -0.2) is 16.8 Å². The van der Waals surface area contributed by atoms with Crippen molar-refractivity contribution in [2.24, 2.45) is 0 Å². The maximum Gasteiger partial charge on any atom is 0.243 e. The minimum atomic E-state index is -3.60. The Hall–Kier alpha value is -0.920. The molecule has 100 valence electrons. The van der Waals surface area contributed by atoms with Crippen LogP contribution in [-0.2, 0) is 19.9 Å². The molecule has 5 nitrogen and oxygen atoms in total. The molecule has 1 saturated heterocycles. The first-order valence-corrected chi connectivity index (χ1v) is 8.82. The van der Waals surface area contributed by atoms with Crippen LogP contribution < -0.4 is 0 Å². The van der Waals surface area contributed by atoms with Gasteiger partial charge in [0, 0.05) is 13.1 Å². The molecule has 1 heterocycles. The van der Waals surface area contributed by atoms with Crippen LogP contribution in [0, 0.1) is 0 Å². The van der Waals surface area contributed by atoms with Gasteiger partial charge >= 0.3 is 0 Å². The zero-order valence-electron chi connectivity index (χ0n) is 9.98. The number of sulfonamides is 1. The van der Waals surface area contributed by atoms with Gasteiger partial charge in [-0.2, -0.15) is 4.31 Å². The van der Waals surface area contributed by atoms with Crippen molar-refractivity contribution in [3.8, 4) is 0 Å². The molecular weight excluding hydrogens is 274 g/mol. The van der Waals surface area contributed by atoms with E-state index < -0.39 is 25.9 Å². The Bertz CT molecular complexity index is 622. The van der Waals surface area contributed by atoms with Gasteiger partial charge in [0.05, 0.1) is 16.4 Å². The van der Waals surface area contributed by atoms with Gasteiger partial charge in [0.1, 0.15) is 0 Å². The molecule has 0 unspecified atom stereocenters. The molecule has 0 N–H and O–H groups in total. The summed E-state index contributed by atoms with van der Waals surface area (Å²) >= 11 is 0. The maximum absolute atomic E-state index is 12.3. The lowest BCUT2D eigenvalue weighted by molar-refractivity contribution is 0.394. The van der Waals surface area contributed by atoms with Crippen LogP contribution in [0.5, 0.6) is 0 Å². The normalized spacial score (nSPS) is 23.3. The number of hydrogen-bond acceptors (Lipinski definition) is 4. The van der Waals surface area contributed by atoms with E-state index in [1.807, 2.05) is 0 Å². The Balaban J connectivity index is 2.27. The fraction of sp³-hybridized carbons (Fsp3) is 0.455. The molecule has 0 amide bonds. The average molecular weight is 289 g/mol. The third-order valence-electron chi connectivity index (χ3n) is 3.14. The van der Waals surface area contributed by atoms with Crippen molar-refractivity contribution < 1.29 is 16.8 Å². The minimum absolute atomic E-state index is 0.0618. The smallest absolute Gasteiger partial charge is 0.229 e. The third kappa shape index (κ3) is 2.57. The first-order valence-electron chi connectivity index (χ1n) is 5.56. The molecule has 0 saturated carbocycles. The standard InChI is InChI=1S/C11H15NO4S2/c1-12(10-7-8-17(13,14)9-10)18(15,16)11-5-3-2-4-6-11/h2-6,10H,7-9H2,1H3/t10-/m0/s1. The fourth-order valence-corrected chi connectivity index (χ4v) is 5.29. The van der Waals surface area contributed by atoms with Crippen LogP contribution in [0.25, 0.3) is 0 Å². The second kappa shape index (κ2) is 4.64. The summed E-state index contributed by atoms with van der Waals surface area (Å²) in [5.41, 5.74) is 0. The van der Waals surface area contributed by atoms with Crippen LogP contribution in [0.3, 0.4) is 0 Å². The van der Waals surface area contributed by atoms with Gasteiger partial charge in [-0.15, -0.1) is 0 Å². The zero-order chi connectivity index (χ0) is 13.4. The van der Waals surface area contributed by atoms with E-state index in [1.54, 1.807) is 18.2 Å². The van der Waals surface area contributed by atoms with E-state index in [2.05, 4.69) is 0 Å². The van der Waals surface area contributed by atoms with Crippen LogP contribution >= 0.6 is 0 Å². The molecule has 1 aliphatic rings. The molecule has 1 aromatic carbocycles. The Morgan fingerprint density at radius 1 is 1.22 bits per heavy atom. The van der Waals surface area contributed by atoms with E-state index in [1.165, 1.54) is 23.5 Å². The molecule has 0 spiro atoms. The molecule has 0 bridgehead atoms. The topological polar surface area (TPSA) is 71.5 Å². The highest BCUT2D eigenvalue weighted by Crippen LogP contribution is 2.22. The van der Waals surface area contributed by atoms with Gasteiger partial charge in [-0.3, -0.25) is 0 Å². The highest BCUT2D eigenvalue weighted by molar-refractivity contribution is 7.92. The van der Waals surface area contributed by atoms with Crippen LogP contribution in [0.1, 0.15) is 6.42 Å². The van der Waals surface area contributed by atoms with Crippen molar-refractivity contribution >= 4 is 19.9 Å². The summed E-state index contributed by atoms with van der Waals surface area (Å²) in [6.07, 6.45) is 0.366. The van der Waals surface area contributed by atoms with Crippen LogP contribution in [0.2, 0.25) is 0 Å². The first-order chi connectivity index (χ1) is 8.33. The summed E-state index contributed by atoms with van der Waals surface area (Å²) in [7, 11) is -5.25. The second-order valence-electron chi connectivity index (χ2n) is 4.39. The summed E-state index contributed by atoms with van der Waals surface area (Å²) in [5, 5.41) is 0.